The van der Waals surface area contributed by atoms with Crippen molar-refractivity contribution < 1.29 is 22.7 Å². The highest BCUT2D eigenvalue weighted by molar-refractivity contribution is 7.92. The molecule has 0 unspecified atom stereocenters. The van der Waals surface area contributed by atoms with Crippen LogP contribution in [0.5, 0.6) is 0 Å². The van der Waals surface area contributed by atoms with Crippen LogP contribution < -0.4 is 4.31 Å². The number of nitrogens with zero attached hydrogens (tertiary/aromatic N) is 1. The predicted octanol–water partition coefficient (Wildman–Crippen LogP) is 1.52. The van der Waals surface area contributed by atoms with Gasteiger partial charge in [0, 0.05) is 13.7 Å². The Morgan fingerprint density at radius 3 is 2.68 bits per heavy atom. The molecule has 0 N–H and O–H groups in total. The molecule has 0 fully saturated rings. The zero-order chi connectivity index (χ0) is 16.3. The molecule has 1 aliphatic heterocycles. The number of hydrogen-bond donors (Lipinski definition) is 0. The van der Waals surface area contributed by atoms with Gasteiger partial charge in [0.05, 0.1) is 30.6 Å². The van der Waals surface area contributed by atoms with Gasteiger partial charge in [0.15, 0.2) is 0 Å². The van der Waals surface area contributed by atoms with Crippen molar-refractivity contribution in [3.63, 3.8) is 0 Å². The lowest BCUT2D eigenvalue weighted by Gasteiger charge is -2.34. The molecule has 0 aromatic heterocycles. The third kappa shape index (κ3) is 3.25. The summed E-state index contributed by atoms with van der Waals surface area (Å²) in [6.45, 7) is 1.97. The fraction of sp³-hybridized carbons (Fsp3) is 0.533. The standard InChI is InChI=1S/C15H21NO5S/c1-11(20-2)10-22(18,19)16-9-8-13(15(17)21-3)12-6-4-5-7-14(12)16/h4-7,11,13H,8-10H2,1-3H3/t11-,13-/m1/s1. The van der Waals surface area contributed by atoms with Gasteiger partial charge in [-0.1, -0.05) is 18.2 Å². The van der Waals surface area contributed by atoms with Gasteiger partial charge in [-0.2, -0.15) is 0 Å². The van der Waals surface area contributed by atoms with Crippen LogP contribution in [0, 0.1) is 0 Å². The van der Waals surface area contributed by atoms with E-state index in [1.807, 2.05) is 0 Å². The molecular formula is C15H21NO5S. The summed E-state index contributed by atoms with van der Waals surface area (Å²) < 4.78 is 36.4. The molecule has 2 rings (SSSR count). The van der Waals surface area contributed by atoms with E-state index in [1.54, 1.807) is 31.2 Å². The fourth-order valence-corrected chi connectivity index (χ4v) is 4.42. The second-order valence-electron chi connectivity index (χ2n) is 5.32. The number of carbonyl (C=O) groups excluding carboxylic acids is 1. The van der Waals surface area contributed by atoms with E-state index >= 15 is 0 Å². The first-order valence-electron chi connectivity index (χ1n) is 7.10. The van der Waals surface area contributed by atoms with Crippen molar-refractivity contribution in [3.05, 3.63) is 29.8 Å². The van der Waals surface area contributed by atoms with Gasteiger partial charge < -0.3 is 9.47 Å². The molecule has 122 valence electrons. The van der Waals surface area contributed by atoms with E-state index in [2.05, 4.69) is 0 Å². The van der Waals surface area contributed by atoms with Gasteiger partial charge in [0.25, 0.3) is 0 Å². The van der Waals surface area contributed by atoms with Crippen LogP contribution >= 0.6 is 0 Å². The monoisotopic (exact) mass is 327 g/mol. The molecule has 6 nitrogen and oxygen atoms in total. The van der Waals surface area contributed by atoms with Crippen LogP contribution in [0.2, 0.25) is 0 Å². The Labute approximate surface area is 131 Å². The van der Waals surface area contributed by atoms with E-state index in [4.69, 9.17) is 9.47 Å². The SMILES string of the molecule is COC(=O)[C@@H]1CCN(S(=O)(=O)C[C@@H](C)OC)c2ccccc21. The maximum Gasteiger partial charge on any atom is 0.313 e. The minimum Gasteiger partial charge on any atom is -0.469 e. The van der Waals surface area contributed by atoms with Crippen LogP contribution in [0.3, 0.4) is 0 Å². The smallest absolute Gasteiger partial charge is 0.313 e. The second kappa shape index (κ2) is 6.66. The molecule has 1 aliphatic rings. The lowest BCUT2D eigenvalue weighted by atomic mass is 9.91. The highest BCUT2D eigenvalue weighted by Crippen LogP contribution is 2.37. The number of esters is 1. The number of hydrogen-bond acceptors (Lipinski definition) is 5. The summed E-state index contributed by atoms with van der Waals surface area (Å²) in [5, 5.41) is 0. The Morgan fingerprint density at radius 1 is 1.36 bits per heavy atom. The first-order valence-corrected chi connectivity index (χ1v) is 8.71. The summed E-state index contributed by atoms with van der Waals surface area (Å²) in [5.74, 6) is -0.858. The molecule has 1 aromatic rings. The van der Waals surface area contributed by atoms with Crippen molar-refractivity contribution in [2.75, 3.05) is 30.8 Å². The third-order valence-electron chi connectivity index (χ3n) is 3.87. The van der Waals surface area contributed by atoms with Crippen LogP contribution in [0.25, 0.3) is 0 Å². The van der Waals surface area contributed by atoms with E-state index in [1.165, 1.54) is 18.5 Å². The zero-order valence-electron chi connectivity index (χ0n) is 13.0. The Hall–Kier alpha value is -1.60. The number of benzene rings is 1. The van der Waals surface area contributed by atoms with Gasteiger partial charge in [-0.25, -0.2) is 8.42 Å². The molecule has 2 atom stereocenters. The summed E-state index contributed by atoms with van der Waals surface area (Å²) in [6.07, 6.45) is 0.0140. The number of fused-ring (bicyclic) bond motifs is 1. The van der Waals surface area contributed by atoms with Crippen molar-refractivity contribution in [3.8, 4) is 0 Å². The van der Waals surface area contributed by atoms with E-state index in [0.29, 0.717) is 17.7 Å². The van der Waals surface area contributed by atoms with Gasteiger partial charge >= 0.3 is 5.97 Å². The van der Waals surface area contributed by atoms with Crippen molar-refractivity contribution >= 4 is 21.7 Å². The van der Waals surface area contributed by atoms with Crippen molar-refractivity contribution in [1.82, 2.24) is 0 Å². The molecule has 0 amide bonds. The number of methoxy groups -OCH3 is 2. The number of carbonyl (C=O) groups is 1. The minimum atomic E-state index is -3.51. The Balaban J connectivity index is 2.38. The van der Waals surface area contributed by atoms with Crippen LogP contribution in [0.4, 0.5) is 5.69 Å². The normalized spacial score (nSPS) is 19.4. The molecule has 7 heteroatoms. The van der Waals surface area contributed by atoms with Gasteiger partial charge in [-0.05, 0) is 25.0 Å². The van der Waals surface area contributed by atoms with Gasteiger partial charge in [0.2, 0.25) is 10.0 Å². The molecule has 0 saturated carbocycles. The topological polar surface area (TPSA) is 72.9 Å². The molecule has 0 spiro atoms. The first kappa shape index (κ1) is 16.8. The van der Waals surface area contributed by atoms with Crippen molar-refractivity contribution in [2.45, 2.75) is 25.4 Å². The second-order valence-corrected chi connectivity index (χ2v) is 7.26. The molecular weight excluding hydrogens is 306 g/mol. The first-order chi connectivity index (χ1) is 10.4. The van der Waals surface area contributed by atoms with E-state index in [9.17, 15) is 13.2 Å². The van der Waals surface area contributed by atoms with Crippen LogP contribution in [-0.4, -0.2) is 47.0 Å². The van der Waals surface area contributed by atoms with E-state index in [0.717, 1.165) is 0 Å². The number of sulfonamides is 1. The lowest BCUT2D eigenvalue weighted by Crippen LogP contribution is -2.41. The number of rotatable bonds is 5. The largest absolute Gasteiger partial charge is 0.469 e. The van der Waals surface area contributed by atoms with Crippen molar-refractivity contribution in [2.24, 2.45) is 0 Å². The highest BCUT2D eigenvalue weighted by Gasteiger charge is 2.35. The maximum atomic E-state index is 12.6. The average molecular weight is 327 g/mol. The summed E-state index contributed by atoms with van der Waals surface area (Å²) in [4.78, 5) is 11.9. The zero-order valence-corrected chi connectivity index (χ0v) is 13.8. The van der Waals surface area contributed by atoms with Gasteiger partial charge in [-0.3, -0.25) is 9.10 Å². The van der Waals surface area contributed by atoms with Crippen LogP contribution in [0.15, 0.2) is 24.3 Å². The summed E-state index contributed by atoms with van der Waals surface area (Å²) in [5.41, 5.74) is 1.24. The molecule has 1 heterocycles. The van der Waals surface area contributed by atoms with E-state index in [-0.39, 0.29) is 18.3 Å². The third-order valence-corrected chi connectivity index (χ3v) is 5.81. The number of ether oxygens (including phenoxy) is 2. The van der Waals surface area contributed by atoms with Crippen molar-refractivity contribution in [1.29, 1.82) is 0 Å². The molecule has 22 heavy (non-hydrogen) atoms. The maximum absolute atomic E-state index is 12.6. The number of anilines is 1. The van der Waals surface area contributed by atoms with Crippen LogP contribution in [0.1, 0.15) is 24.8 Å². The number of para-hydroxylation sites is 1. The Kier molecular flexibility index (Phi) is 5.08. The van der Waals surface area contributed by atoms with Crippen LogP contribution in [-0.2, 0) is 24.3 Å². The molecule has 1 aromatic carbocycles. The Morgan fingerprint density at radius 2 is 2.05 bits per heavy atom. The summed E-state index contributed by atoms with van der Waals surface area (Å²) in [7, 11) is -0.682. The molecule has 0 radical (unpaired) electrons. The predicted molar refractivity (Wildman–Crippen MR) is 83.4 cm³/mol. The summed E-state index contributed by atoms with van der Waals surface area (Å²) in [6, 6.07) is 7.06. The molecule has 0 saturated heterocycles. The quantitative estimate of drug-likeness (QED) is 0.767. The van der Waals surface area contributed by atoms with Gasteiger partial charge in [-0.15, -0.1) is 0 Å². The van der Waals surface area contributed by atoms with Gasteiger partial charge in [0.1, 0.15) is 0 Å². The summed E-state index contributed by atoms with van der Waals surface area (Å²) >= 11 is 0. The Bertz CT molecular complexity index is 643. The van der Waals surface area contributed by atoms with E-state index < -0.39 is 22.0 Å². The minimum absolute atomic E-state index is 0.0965. The molecule has 0 bridgehead atoms. The fourth-order valence-electron chi connectivity index (χ4n) is 2.66. The highest BCUT2D eigenvalue weighted by atomic mass is 32.2. The molecule has 0 aliphatic carbocycles. The lowest BCUT2D eigenvalue weighted by molar-refractivity contribution is -0.142. The average Bonchev–Trinajstić information content (AvgIpc) is 2.52.